The summed E-state index contributed by atoms with van der Waals surface area (Å²) in [5.41, 5.74) is -0.333. The maximum atomic E-state index is 14.5. The number of carbonyl (C=O) groups is 2. The summed E-state index contributed by atoms with van der Waals surface area (Å²) >= 11 is 0. The monoisotopic (exact) mass is 388 g/mol. The summed E-state index contributed by atoms with van der Waals surface area (Å²) in [6.45, 7) is 0.0708. The van der Waals surface area contributed by atoms with Gasteiger partial charge in [0.1, 0.15) is 5.69 Å². The van der Waals surface area contributed by atoms with E-state index in [-0.39, 0.29) is 42.5 Å². The lowest BCUT2D eigenvalue weighted by atomic mass is 10.2. The minimum absolute atomic E-state index is 0.0416. The van der Waals surface area contributed by atoms with E-state index < -0.39 is 39.5 Å². The first kappa shape index (κ1) is 18.4. The first-order valence-corrected chi connectivity index (χ1v) is 9.79. The zero-order valence-electron chi connectivity index (χ0n) is 14.0. The second kappa shape index (κ2) is 6.71. The van der Waals surface area contributed by atoms with Gasteiger partial charge in [0.25, 0.3) is 5.91 Å². The van der Waals surface area contributed by atoms with E-state index in [4.69, 9.17) is 9.52 Å². The number of nitrogens with one attached hydrogen (secondary N) is 2. The molecular formula is C15H18F2N4O4S. The number of hydrogen-bond acceptors (Lipinski definition) is 6. The fraction of sp³-hybridized carbons (Fsp3) is 0.467. The van der Waals surface area contributed by atoms with Gasteiger partial charge in [-0.15, -0.1) is 0 Å². The number of benzene rings is 1. The number of carbonyl (C=O) groups excluding carboxylic acids is 2. The summed E-state index contributed by atoms with van der Waals surface area (Å²) < 4.78 is 53.2. The lowest BCUT2D eigenvalue weighted by Gasteiger charge is -2.30. The Morgan fingerprint density at radius 2 is 1.88 bits per heavy atom. The van der Waals surface area contributed by atoms with Crippen LogP contribution in [0.3, 0.4) is 0 Å². The van der Waals surface area contributed by atoms with E-state index in [1.807, 2.05) is 0 Å². The zero-order chi connectivity index (χ0) is 19.1. The summed E-state index contributed by atoms with van der Waals surface area (Å²) in [7, 11) is -1.30. The van der Waals surface area contributed by atoms with Crippen LogP contribution in [0.2, 0.25) is 0 Å². The van der Waals surface area contributed by atoms with Crippen LogP contribution < -0.4 is 15.1 Å². The Morgan fingerprint density at radius 1 is 1.31 bits per heavy atom. The second-order valence-electron chi connectivity index (χ2n) is 6.06. The van der Waals surface area contributed by atoms with Crippen LogP contribution in [0.1, 0.15) is 0 Å². The number of nitrogens with zero attached hydrogens (tertiary/aromatic N) is 2. The Balaban J connectivity index is 1.84. The second-order valence-corrected chi connectivity index (χ2v) is 8.50. The SMILES string of the molecule is CNC(=O)[C@H]1CN(c2cc(F)c(N3CCS(=N)(=O)CC3)c(F)c2)C(=O)O1. The molecule has 0 saturated carbocycles. The van der Waals surface area contributed by atoms with Gasteiger partial charge >= 0.3 is 6.09 Å². The van der Waals surface area contributed by atoms with E-state index in [0.29, 0.717) is 0 Å². The molecule has 0 radical (unpaired) electrons. The third-order valence-corrected chi connectivity index (χ3v) is 6.05. The summed E-state index contributed by atoms with van der Waals surface area (Å²) in [5.74, 6) is -2.19. The molecule has 0 spiro atoms. The molecule has 2 amide bonds. The summed E-state index contributed by atoms with van der Waals surface area (Å²) in [4.78, 5) is 25.9. The lowest BCUT2D eigenvalue weighted by Crippen LogP contribution is -2.40. The third kappa shape index (κ3) is 3.43. The van der Waals surface area contributed by atoms with E-state index in [1.165, 1.54) is 11.9 Å². The summed E-state index contributed by atoms with van der Waals surface area (Å²) in [5, 5.41) is 2.34. The van der Waals surface area contributed by atoms with Crippen LogP contribution in [-0.2, 0) is 19.3 Å². The fourth-order valence-electron chi connectivity index (χ4n) is 2.93. The van der Waals surface area contributed by atoms with Gasteiger partial charge in [-0.3, -0.25) is 14.5 Å². The van der Waals surface area contributed by atoms with Crippen LogP contribution in [0.15, 0.2) is 12.1 Å². The Bertz CT molecular complexity index is 824. The largest absolute Gasteiger partial charge is 0.434 e. The maximum absolute atomic E-state index is 14.5. The van der Waals surface area contributed by atoms with E-state index in [0.717, 1.165) is 17.0 Å². The molecule has 3 rings (SSSR count). The molecule has 0 aromatic heterocycles. The first-order chi connectivity index (χ1) is 12.2. The van der Waals surface area contributed by atoms with Gasteiger partial charge < -0.3 is 15.0 Å². The quantitative estimate of drug-likeness (QED) is 0.801. The number of anilines is 2. The molecule has 0 bridgehead atoms. The van der Waals surface area contributed by atoms with Gasteiger partial charge in [-0.2, -0.15) is 0 Å². The minimum Gasteiger partial charge on any atom is -0.434 e. The molecule has 2 heterocycles. The van der Waals surface area contributed by atoms with Crippen molar-refractivity contribution in [3.63, 3.8) is 0 Å². The number of cyclic esters (lactones) is 1. The number of amides is 2. The van der Waals surface area contributed by atoms with Crippen LogP contribution in [-0.4, -0.2) is 60.5 Å². The normalized spacial score (nSPS) is 22.3. The molecular weight excluding hydrogens is 370 g/mol. The summed E-state index contributed by atoms with van der Waals surface area (Å²) in [6.07, 6.45) is -1.91. The molecule has 2 saturated heterocycles. The van der Waals surface area contributed by atoms with Crippen molar-refractivity contribution in [2.75, 3.05) is 48.0 Å². The van der Waals surface area contributed by atoms with Crippen LogP contribution >= 0.6 is 0 Å². The van der Waals surface area contributed by atoms with E-state index >= 15 is 0 Å². The van der Waals surface area contributed by atoms with Gasteiger partial charge in [-0.1, -0.05) is 0 Å². The molecule has 142 valence electrons. The van der Waals surface area contributed by atoms with Crippen molar-refractivity contribution in [2.45, 2.75) is 6.10 Å². The van der Waals surface area contributed by atoms with Crippen molar-refractivity contribution < 1.29 is 27.3 Å². The van der Waals surface area contributed by atoms with Gasteiger partial charge in [0.05, 0.1) is 12.2 Å². The Kier molecular flexibility index (Phi) is 4.74. The third-order valence-electron chi connectivity index (χ3n) is 4.36. The average molecular weight is 388 g/mol. The van der Waals surface area contributed by atoms with Crippen LogP contribution in [0.5, 0.6) is 0 Å². The Hall–Kier alpha value is -2.43. The number of halogens is 2. The topological polar surface area (TPSA) is 103 Å². The molecule has 2 fully saturated rings. The van der Waals surface area contributed by atoms with Gasteiger partial charge in [0.2, 0.25) is 0 Å². The van der Waals surface area contributed by atoms with Crippen LogP contribution in [0.25, 0.3) is 0 Å². The highest BCUT2D eigenvalue weighted by atomic mass is 32.2. The molecule has 2 N–H and O–H groups in total. The predicted octanol–water partition coefficient (Wildman–Crippen LogP) is 0.903. The number of hydrogen-bond donors (Lipinski definition) is 2. The number of likely N-dealkylation sites (N-methyl/N-ethyl adjacent to an activating group) is 1. The molecule has 0 aliphatic carbocycles. The van der Waals surface area contributed by atoms with Crippen LogP contribution in [0, 0.1) is 16.4 Å². The Labute approximate surface area is 149 Å². The highest BCUT2D eigenvalue weighted by Crippen LogP contribution is 2.31. The zero-order valence-corrected chi connectivity index (χ0v) is 14.8. The molecule has 2 aliphatic heterocycles. The first-order valence-electron chi connectivity index (χ1n) is 7.90. The van der Waals surface area contributed by atoms with Crippen molar-refractivity contribution in [1.29, 1.82) is 4.78 Å². The number of rotatable bonds is 3. The van der Waals surface area contributed by atoms with Gasteiger partial charge in [-0.25, -0.2) is 17.8 Å². The molecule has 1 aromatic carbocycles. The highest BCUT2D eigenvalue weighted by Gasteiger charge is 2.37. The standard InChI is InChI=1S/C15H18F2N4O4S/c1-19-14(22)12-8-21(15(23)25-12)9-6-10(16)13(11(17)7-9)20-2-4-26(18,24)5-3-20/h6-7,12,18H,2-5,8H2,1H3,(H,19,22)/t12-/m1/s1. The molecule has 1 atom stereocenters. The van der Waals surface area contributed by atoms with Gasteiger partial charge in [0.15, 0.2) is 17.7 Å². The van der Waals surface area contributed by atoms with Crippen molar-refractivity contribution in [2.24, 2.45) is 0 Å². The molecule has 26 heavy (non-hydrogen) atoms. The Morgan fingerprint density at radius 3 is 2.42 bits per heavy atom. The lowest BCUT2D eigenvalue weighted by molar-refractivity contribution is -0.127. The van der Waals surface area contributed by atoms with Crippen molar-refractivity contribution in [1.82, 2.24) is 5.32 Å². The molecule has 0 unspecified atom stereocenters. The molecule has 8 nitrogen and oxygen atoms in total. The fourth-order valence-corrected chi connectivity index (χ4v) is 4.17. The van der Waals surface area contributed by atoms with E-state index in [1.54, 1.807) is 0 Å². The van der Waals surface area contributed by atoms with Crippen molar-refractivity contribution in [3.8, 4) is 0 Å². The van der Waals surface area contributed by atoms with Gasteiger partial charge in [-0.05, 0) is 0 Å². The predicted molar refractivity (Wildman–Crippen MR) is 90.8 cm³/mol. The van der Waals surface area contributed by atoms with Crippen LogP contribution in [0.4, 0.5) is 25.0 Å². The van der Waals surface area contributed by atoms with Gasteiger partial charge in [0, 0.05) is 53.5 Å². The van der Waals surface area contributed by atoms with E-state index in [9.17, 15) is 22.6 Å². The summed E-state index contributed by atoms with van der Waals surface area (Å²) in [6, 6.07) is 2.00. The molecule has 1 aromatic rings. The molecule has 2 aliphatic rings. The van der Waals surface area contributed by atoms with Crippen molar-refractivity contribution >= 4 is 33.1 Å². The maximum Gasteiger partial charge on any atom is 0.415 e. The smallest absolute Gasteiger partial charge is 0.415 e. The van der Waals surface area contributed by atoms with Crippen molar-refractivity contribution in [3.05, 3.63) is 23.8 Å². The molecule has 11 heteroatoms. The van der Waals surface area contributed by atoms with E-state index in [2.05, 4.69) is 5.32 Å². The highest BCUT2D eigenvalue weighted by molar-refractivity contribution is 7.92. The minimum atomic E-state index is -2.69. The average Bonchev–Trinajstić information content (AvgIpc) is 2.96. The number of ether oxygens (including phenoxy) is 1.